The number of nitrogens with zero attached hydrogens (tertiary/aromatic N) is 4. The monoisotopic (exact) mass is 358 g/mol. The lowest BCUT2D eigenvalue weighted by molar-refractivity contribution is -0.129. The second kappa shape index (κ2) is 7.39. The topological polar surface area (TPSA) is 58.6 Å². The van der Waals surface area contributed by atoms with Crippen molar-refractivity contribution in [2.75, 3.05) is 31.1 Å². The molecule has 0 radical (unpaired) electrons. The van der Waals surface area contributed by atoms with Crippen LogP contribution in [0.3, 0.4) is 0 Å². The minimum atomic E-state index is 0.00798. The molecule has 7 heteroatoms. The second-order valence-corrected chi connectivity index (χ2v) is 7.57. The number of anilines is 1. The van der Waals surface area contributed by atoms with Gasteiger partial charge in [0.15, 0.2) is 0 Å². The molecule has 2 aliphatic heterocycles. The van der Waals surface area contributed by atoms with Crippen LogP contribution >= 0.6 is 11.3 Å². The summed E-state index contributed by atoms with van der Waals surface area (Å²) in [5, 5.41) is 2.01. The smallest absolute Gasteiger partial charge is 0.227 e. The summed E-state index contributed by atoms with van der Waals surface area (Å²) in [6, 6.07) is 5.91. The maximum atomic E-state index is 12.4. The fourth-order valence-corrected chi connectivity index (χ4v) is 4.11. The molecule has 0 bridgehead atoms. The Morgan fingerprint density at radius 2 is 2.16 bits per heavy atom. The van der Waals surface area contributed by atoms with Crippen molar-refractivity contribution in [1.82, 2.24) is 14.9 Å². The summed E-state index contributed by atoms with van der Waals surface area (Å²) in [5.41, 5.74) is 0. The zero-order valence-electron chi connectivity index (χ0n) is 14.1. The lowest BCUT2D eigenvalue weighted by atomic mass is 10.3. The predicted octanol–water partition coefficient (Wildman–Crippen LogP) is 2.36. The summed E-state index contributed by atoms with van der Waals surface area (Å²) < 4.78 is 6.02. The number of hydrogen-bond donors (Lipinski definition) is 0. The number of carbonyl (C=O) groups excluding carboxylic acids is 1. The van der Waals surface area contributed by atoms with Gasteiger partial charge in [0.2, 0.25) is 11.8 Å². The van der Waals surface area contributed by atoms with E-state index in [1.165, 1.54) is 12.8 Å². The van der Waals surface area contributed by atoms with Crippen molar-refractivity contribution in [3.05, 3.63) is 34.8 Å². The highest BCUT2D eigenvalue weighted by atomic mass is 32.1. The van der Waals surface area contributed by atoms with Crippen LogP contribution in [-0.2, 0) is 11.2 Å². The number of carbonyl (C=O) groups is 1. The maximum Gasteiger partial charge on any atom is 0.227 e. The fraction of sp³-hybridized carbons (Fsp3) is 0.500. The third-order valence-corrected chi connectivity index (χ3v) is 5.62. The lowest BCUT2D eigenvalue weighted by Crippen LogP contribution is -2.32. The molecule has 0 aromatic carbocycles. The Balaban J connectivity index is 1.33. The van der Waals surface area contributed by atoms with Gasteiger partial charge in [-0.2, -0.15) is 0 Å². The normalized spacial score (nSPS) is 20.2. The van der Waals surface area contributed by atoms with Crippen LogP contribution in [0.4, 0.5) is 5.82 Å². The minimum absolute atomic E-state index is 0.00798. The molecule has 132 valence electrons. The Hall–Kier alpha value is -2.15. The van der Waals surface area contributed by atoms with E-state index in [0.29, 0.717) is 18.8 Å². The number of ether oxygens (including phenoxy) is 1. The van der Waals surface area contributed by atoms with Crippen molar-refractivity contribution in [3.63, 3.8) is 0 Å². The highest BCUT2D eigenvalue weighted by Crippen LogP contribution is 2.23. The summed E-state index contributed by atoms with van der Waals surface area (Å²) in [6.07, 6.45) is 5.33. The fourth-order valence-electron chi connectivity index (χ4n) is 3.41. The van der Waals surface area contributed by atoms with Crippen molar-refractivity contribution in [3.8, 4) is 5.88 Å². The highest BCUT2D eigenvalue weighted by Gasteiger charge is 2.28. The predicted molar refractivity (Wildman–Crippen MR) is 97.1 cm³/mol. The Morgan fingerprint density at radius 1 is 1.28 bits per heavy atom. The zero-order chi connectivity index (χ0) is 17.1. The Morgan fingerprint density at radius 3 is 2.96 bits per heavy atom. The van der Waals surface area contributed by atoms with Crippen molar-refractivity contribution in [2.45, 2.75) is 31.8 Å². The van der Waals surface area contributed by atoms with Crippen LogP contribution in [-0.4, -0.2) is 53.1 Å². The third kappa shape index (κ3) is 3.92. The standard InChI is InChI=1S/C18H22N4O2S/c23-18(10-15-4-3-9-25-15)22-8-5-14(12-22)24-17-11-16(19-13-20-17)21-6-1-2-7-21/h3-4,9,11,13-14H,1-2,5-8,10,12H2/t14-/m1/s1. The first kappa shape index (κ1) is 16.3. The Bertz CT molecular complexity index is 716. The van der Waals surface area contributed by atoms with Crippen molar-refractivity contribution >= 4 is 23.1 Å². The molecule has 0 aliphatic carbocycles. The Kier molecular flexibility index (Phi) is 4.83. The van der Waals surface area contributed by atoms with E-state index in [-0.39, 0.29) is 12.0 Å². The Labute approximate surface area is 151 Å². The number of likely N-dealkylation sites (tertiary alicyclic amines) is 1. The van der Waals surface area contributed by atoms with Crippen molar-refractivity contribution in [1.29, 1.82) is 0 Å². The minimum Gasteiger partial charge on any atom is -0.472 e. The van der Waals surface area contributed by atoms with E-state index in [4.69, 9.17) is 4.74 Å². The summed E-state index contributed by atoms with van der Waals surface area (Å²) in [4.78, 5) is 26.3. The van der Waals surface area contributed by atoms with E-state index in [2.05, 4.69) is 14.9 Å². The first-order valence-electron chi connectivity index (χ1n) is 8.82. The average Bonchev–Trinajstić information content (AvgIpc) is 3.38. The average molecular weight is 358 g/mol. The first-order chi connectivity index (χ1) is 12.3. The van der Waals surface area contributed by atoms with E-state index >= 15 is 0 Å². The third-order valence-electron chi connectivity index (χ3n) is 4.75. The summed E-state index contributed by atoms with van der Waals surface area (Å²) >= 11 is 1.63. The zero-order valence-corrected chi connectivity index (χ0v) is 15.0. The molecule has 2 fully saturated rings. The molecular weight excluding hydrogens is 336 g/mol. The second-order valence-electron chi connectivity index (χ2n) is 6.53. The van der Waals surface area contributed by atoms with E-state index in [1.54, 1.807) is 17.7 Å². The van der Waals surface area contributed by atoms with Gasteiger partial charge in [-0.05, 0) is 24.3 Å². The number of rotatable bonds is 5. The van der Waals surface area contributed by atoms with E-state index < -0.39 is 0 Å². The van der Waals surface area contributed by atoms with Gasteiger partial charge in [-0.3, -0.25) is 4.79 Å². The van der Waals surface area contributed by atoms with Crippen LogP contribution in [0.5, 0.6) is 5.88 Å². The van der Waals surface area contributed by atoms with Gasteiger partial charge in [-0.25, -0.2) is 9.97 Å². The lowest BCUT2D eigenvalue weighted by Gasteiger charge is -2.18. The molecule has 1 amide bonds. The number of amides is 1. The largest absolute Gasteiger partial charge is 0.472 e. The van der Waals surface area contributed by atoms with Crippen molar-refractivity contribution < 1.29 is 9.53 Å². The molecule has 4 rings (SSSR count). The number of hydrogen-bond acceptors (Lipinski definition) is 6. The van der Waals surface area contributed by atoms with Crippen LogP contribution in [0.1, 0.15) is 24.1 Å². The van der Waals surface area contributed by atoms with Gasteiger partial charge in [-0.1, -0.05) is 6.07 Å². The number of thiophene rings is 1. The molecule has 2 aromatic heterocycles. The van der Waals surface area contributed by atoms with Gasteiger partial charge in [0, 0.05) is 37.0 Å². The molecule has 2 aromatic rings. The van der Waals surface area contributed by atoms with Gasteiger partial charge < -0.3 is 14.5 Å². The first-order valence-corrected chi connectivity index (χ1v) is 9.70. The summed E-state index contributed by atoms with van der Waals surface area (Å²) in [7, 11) is 0. The van der Waals surface area contributed by atoms with Crippen molar-refractivity contribution in [2.24, 2.45) is 0 Å². The molecule has 0 N–H and O–H groups in total. The molecule has 6 nitrogen and oxygen atoms in total. The molecule has 2 saturated heterocycles. The van der Waals surface area contributed by atoms with Gasteiger partial charge >= 0.3 is 0 Å². The molecule has 4 heterocycles. The molecule has 0 spiro atoms. The van der Waals surface area contributed by atoms with Gasteiger partial charge in [0.05, 0.1) is 13.0 Å². The number of aromatic nitrogens is 2. The van der Waals surface area contributed by atoms with E-state index in [1.807, 2.05) is 28.5 Å². The van der Waals surface area contributed by atoms with E-state index in [0.717, 1.165) is 36.8 Å². The van der Waals surface area contributed by atoms with E-state index in [9.17, 15) is 4.79 Å². The maximum absolute atomic E-state index is 12.4. The molecular formula is C18H22N4O2S. The van der Waals surface area contributed by atoms with Crippen LogP contribution in [0.2, 0.25) is 0 Å². The van der Waals surface area contributed by atoms with Crippen LogP contribution < -0.4 is 9.64 Å². The highest BCUT2D eigenvalue weighted by molar-refractivity contribution is 7.10. The molecule has 0 unspecified atom stereocenters. The quantitative estimate of drug-likeness (QED) is 0.821. The van der Waals surface area contributed by atoms with Gasteiger partial charge in [0.1, 0.15) is 18.2 Å². The van der Waals surface area contributed by atoms with Crippen LogP contribution in [0, 0.1) is 0 Å². The molecule has 2 aliphatic rings. The van der Waals surface area contributed by atoms with Gasteiger partial charge in [-0.15, -0.1) is 11.3 Å². The van der Waals surface area contributed by atoms with Crippen LogP contribution in [0.15, 0.2) is 29.9 Å². The SMILES string of the molecule is O=C(Cc1cccs1)N1CC[C@@H](Oc2cc(N3CCCC3)ncn2)C1. The summed E-state index contributed by atoms with van der Waals surface area (Å²) in [6.45, 7) is 3.47. The molecule has 1 atom stereocenters. The van der Waals surface area contributed by atoms with Crippen LogP contribution in [0.25, 0.3) is 0 Å². The summed E-state index contributed by atoms with van der Waals surface area (Å²) in [5.74, 6) is 1.72. The molecule has 25 heavy (non-hydrogen) atoms. The van der Waals surface area contributed by atoms with Gasteiger partial charge in [0.25, 0.3) is 0 Å². The molecule has 0 saturated carbocycles.